The van der Waals surface area contributed by atoms with E-state index >= 15 is 0 Å². The van der Waals surface area contributed by atoms with Crippen molar-refractivity contribution in [2.75, 3.05) is 18.2 Å². The maximum atomic E-state index is 13.5. The molecule has 0 unspecified atom stereocenters. The molecule has 0 fully saturated rings. The number of ether oxygens (including phenoxy) is 1. The van der Waals surface area contributed by atoms with Crippen LogP contribution in [0.1, 0.15) is 10.4 Å². The molecule has 0 spiro atoms. The van der Waals surface area contributed by atoms with Gasteiger partial charge in [-0.25, -0.2) is 8.78 Å². The van der Waals surface area contributed by atoms with Gasteiger partial charge in [0.15, 0.2) is 0 Å². The molecule has 104 valence electrons. The zero-order valence-corrected chi connectivity index (χ0v) is 10.6. The molecule has 6 heteroatoms. The van der Waals surface area contributed by atoms with Crippen molar-refractivity contribution >= 4 is 17.3 Å². The minimum absolute atomic E-state index is 0.268. The maximum absolute atomic E-state index is 13.5. The van der Waals surface area contributed by atoms with E-state index in [9.17, 15) is 13.6 Å². The first-order chi connectivity index (χ1) is 9.51. The van der Waals surface area contributed by atoms with Gasteiger partial charge in [-0.2, -0.15) is 0 Å². The second kappa shape index (κ2) is 5.56. The van der Waals surface area contributed by atoms with Gasteiger partial charge < -0.3 is 15.8 Å². The largest absolute Gasteiger partial charge is 0.495 e. The van der Waals surface area contributed by atoms with Gasteiger partial charge in [-0.05, 0) is 30.3 Å². The number of nitrogen functional groups attached to an aromatic ring is 1. The van der Waals surface area contributed by atoms with E-state index in [-0.39, 0.29) is 5.56 Å². The lowest BCUT2D eigenvalue weighted by atomic mass is 10.2. The molecule has 0 aliphatic heterocycles. The molecule has 0 atom stereocenters. The molecule has 2 rings (SSSR count). The van der Waals surface area contributed by atoms with Crippen molar-refractivity contribution in [3.63, 3.8) is 0 Å². The van der Waals surface area contributed by atoms with Crippen molar-refractivity contribution < 1.29 is 18.3 Å². The summed E-state index contributed by atoms with van der Waals surface area (Å²) in [5, 5.41) is 2.47. The van der Waals surface area contributed by atoms with Crippen LogP contribution in [0.4, 0.5) is 20.2 Å². The van der Waals surface area contributed by atoms with E-state index in [0.29, 0.717) is 23.2 Å². The van der Waals surface area contributed by atoms with Crippen molar-refractivity contribution in [2.45, 2.75) is 0 Å². The second-order valence-corrected chi connectivity index (χ2v) is 4.04. The number of amides is 1. The molecule has 2 aromatic carbocycles. The molecule has 0 saturated heterocycles. The Morgan fingerprint density at radius 3 is 2.60 bits per heavy atom. The Morgan fingerprint density at radius 1 is 1.20 bits per heavy atom. The summed E-state index contributed by atoms with van der Waals surface area (Å²) >= 11 is 0. The summed E-state index contributed by atoms with van der Waals surface area (Å²) < 4.78 is 31.4. The molecular weight excluding hydrogens is 266 g/mol. The zero-order valence-electron chi connectivity index (χ0n) is 10.6. The summed E-state index contributed by atoms with van der Waals surface area (Å²) in [5.41, 5.74) is 6.07. The lowest BCUT2D eigenvalue weighted by molar-refractivity contribution is 0.102. The van der Waals surface area contributed by atoms with Crippen molar-refractivity contribution in [1.29, 1.82) is 0 Å². The number of hydrogen-bond acceptors (Lipinski definition) is 3. The average Bonchev–Trinajstić information content (AvgIpc) is 2.38. The summed E-state index contributed by atoms with van der Waals surface area (Å²) in [4.78, 5) is 12.0. The highest BCUT2D eigenvalue weighted by Gasteiger charge is 2.14. The number of hydrogen-bond donors (Lipinski definition) is 2. The van der Waals surface area contributed by atoms with Gasteiger partial charge in [-0.3, -0.25) is 4.79 Å². The number of carbonyl (C=O) groups excluding carboxylic acids is 1. The molecule has 4 nitrogen and oxygen atoms in total. The lowest BCUT2D eigenvalue weighted by Crippen LogP contribution is -2.14. The van der Waals surface area contributed by atoms with Crippen LogP contribution in [0.25, 0.3) is 0 Å². The highest BCUT2D eigenvalue weighted by atomic mass is 19.1. The normalized spacial score (nSPS) is 10.2. The highest BCUT2D eigenvalue weighted by molar-refractivity contribution is 6.05. The molecule has 0 bridgehead atoms. The van der Waals surface area contributed by atoms with E-state index in [0.717, 1.165) is 12.1 Å². The molecule has 2 aromatic rings. The monoisotopic (exact) mass is 278 g/mol. The fraction of sp³-hybridized carbons (Fsp3) is 0.0714. The Kier molecular flexibility index (Phi) is 3.84. The molecule has 0 aliphatic carbocycles. The van der Waals surface area contributed by atoms with E-state index in [4.69, 9.17) is 10.5 Å². The molecule has 0 aromatic heterocycles. The molecule has 3 N–H and O–H groups in total. The Bertz CT molecular complexity index is 660. The Morgan fingerprint density at radius 2 is 1.95 bits per heavy atom. The summed E-state index contributed by atoms with van der Waals surface area (Å²) in [6.45, 7) is 0. The first-order valence-electron chi connectivity index (χ1n) is 5.71. The predicted molar refractivity (Wildman–Crippen MR) is 71.7 cm³/mol. The first kappa shape index (κ1) is 13.8. The SMILES string of the molecule is COc1ccc(N)cc1NC(=O)c1ccc(F)cc1F. The van der Waals surface area contributed by atoms with Crippen LogP contribution in [0.3, 0.4) is 0 Å². The van der Waals surface area contributed by atoms with Crippen molar-refractivity contribution in [2.24, 2.45) is 0 Å². The molecule has 0 aliphatic rings. The van der Waals surface area contributed by atoms with Gasteiger partial charge in [0.05, 0.1) is 18.4 Å². The quantitative estimate of drug-likeness (QED) is 0.848. The van der Waals surface area contributed by atoms with Gasteiger partial charge in [0, 0.05) is 11.8 Å². The second-order valence-electron chi connectivity index (χ2n) is 4.04. The van der Waals surface area contributed by atoms with Crippen LogP contribution in [0.2, 0.25) is 0 Å². The van der Waals surface area contributed by atoms with Gasteiger partial charge in [-0.15, -0.1) is 0 Å². The Labute approximate surface area is 114 Å². The zero-order chi connectivity index (χ0) is 14.7. The van der Waals surface area contributed by atoms with Gasteiger partial charge in [-0.1, -0.05) is 0 Å². The summed E-state index contributed by atoms with van der Waals surface area (Å²) in [6.07, 6.45) is 0. The predicted octanol–water partition coefficient (Wildman–Crippen LogP) is 2.81. The number of halogens is 2. The number of anilines is 2. The van der Waals surface area contributed by atoms with E-state index in [1.54, 1.807) is 12.1 Å². The van der Waals surface area contributed by atoms with E-state index in [1.165, 1.54) is 13.2 Å². The van der Waals surface area contributed by atoms with Crippen LogP contribution >= 0.6 is 0 Å². The Balaban J connectivity index is 2.30. The third-order valence-electron chi connectivity index (χ3n) is 2.65. The third-order valence-corrected chi connectivity index (χ3v) is 2.65. The van der Waals surface area contributed by atoms with Gasteiger partial charge in [0.1, 0.15) is 17.4 Å². The average molecular weight is 278 g/mol. The smallest absolute Gasteiger partial charge is 0.258 e. The fourth-order valence-electron chi connectivity index (χ4n) is 1.69. The van der Waals surface area contributed by atoms with Crippen LogP contribution in [0.15, 0.2) is 36.4 Å². The van der Waals surface area contributed by atoms with Crippen LogP contribution in [-0.2, 0) is 0 Å². The lowest BCUT2D eigenvalue weighted by Gasteiger charge is -2.11. The van der Waals surface area contributed by atoms with Crippen LogP contribution in [0, 0.1) is 11.6 Å². The number of rotatable bonds is 3. The van der Waals surface area contributed by atoms with Crippen LogP contribution < -0.4 is 15.8 Å². The van der Waals surface area contributed by atoms with E-state index in [2.05, 4.69) is 5.32 Å². The Hall–Kier alpha value is -2.63. The van der Waals surface area contributed by atoms with Crippen LogP contribution in [0.5, 0.6) is 5.75 Å². The van der Waals surface area contributed by atoms with Crippen molar-refractivity contribution in [3.8, 4) is 5.75 Å². The molecule has 0 saturated carbocycles. The maximum Gasteiger partial charge on any atom is 0.258 e. The molecule has 0 radical (unpaired) electrons. The minimum atomic E-state index is -0.939. The number of carbonyl (C=O) groups is 1. The van der Waals surface area contributed by atoms with Gasteiger partial charge >= 0.3 is 0 Å². The fourth-order valence-corrected chi connectivity index (χ4v) is 1.69. The van der Waals surface area contributed by atoms with Gasteiger partial charge in [0.2, 0.25) is 0 Å². The van der Waals surface area contributed by atoms with E-state index < -0.39 is 17.5 Å². The van der Waals surface area contributed by atoms with Gasteiger partial charge in [0.25, 0.3) is 5.91 Å². The van der Waals surface area contributed by atoms with E-state index in [1.807, 2.05) is 0 Å². The number of nitrogens with two attached hydrogens (primary N) is 1. The van der Waals surface area contributed by atoms with Crippen molar-refractivity contribution in [1.82, 2.24) is 0 Å². The summed E-state index contributed by atoms with van der Waals surface area (Å²) in [6, 6.07) is 7.38. The third kappa shape index (κ3) is 2.85. The number of methoxy groups -OCH3 is 1. The van der Waals surface area contributed by atoms with Crippen molar-refractivity contribution in [3.05, 3.63) is 53.6 Å². The summed E-state index contributed by atoms with van der Waals surface area (Å²) in [5.74, 6) is -2.02. The minimum Gasteiger partial charge on any atom is -0.495 e. The number of nitrogens with one attached hydrogen (secondary N) is 1. The van der Waals surface area contributed by atoms with Crippen LogP contribution in [-0.4, -0.2) is 13.0 Å². The summed E-state index contributed by atoms with van der Waals surface area (Å²) in [7, 11) is 1.43. The highest BCUT2D eigenvalue weighted by Crippen LogP contribution is 2.27. The molecular formula is C14H12F2N2O2. The molecule has 20 heavy (non-hydrogen) atoms. The number of benzene rings is 2. The first-order valence-corrected chi connectivity index (χ1v) is 5.71. The molecule has 0 heterocycles. The topological polar surface area (TPSA) is 64.3 Å². The standard InChI is InChI=1S/C14H12F2N2O2/c1-20-13-5-3-9(17)7-12(13)18-14(19)10-4-2-8(15)6-11(10)16/h2-7H,17H2,1H3,(H,18,19). The molecule has 1 amide bonds.